The molecule has 0 unspecified atom stereocenters. The van der Waals surface area contributed by atoms with Crippen molar-refractivity contribution in [1.82, 2.24) is 14.6 Å². The fourth-order valence-corrected chi connectivity index (χ4v) is 1.34. The molecule has 10 heavy (non-hydrogen) atoms. The third-order valence-corrected chi connectivity index (χ3v) is 1.86. The summed E-state index contributed by atoms with van der Waals surface area (Å²) in [5.74, 6) is 0. The molecule has 0 N–H and O–H groups in total. The van der Waals surface area contributed by atoms with Gasteiger partial charge in [0.05, 0.1) is 6.20 Å². The normalized spacial score (nSPS) is 10.4. The van der Waals surface area contributed by atoms with Crippen molar-refractivity contribution in [2.45, 2.75) is 0 Å². The summed E-state index contributed by atoms with van der Waals surface area (Å²) in [6, 6.07) is 0. The largest absolute Gasteiger partial charge is 0.296 e. The Labute approximate surface area is 60.1 Å². The van der Waals surface area contributed by atoms with Crippen LogP contribution in [0, 0.1) is 0 Å². The Morgan fingerprint density at radius 2 is 2.60 bits per heavy atom. The van der Waals surface area contributed by atoms with Crippen LogP contribution in [-0.2, 0) is 0 Å². The topological polar surface area (TPSA) is 47.3 Å². The molecule has 0 saturated heterocycles. The standard InChI is InChI=1S/C5H3N3OS/c9-2-4-1-6-5-8(4)7-3-10-5/h1-3H. The molecule has 0 aliphatic rings. The van der Waals surface area contributed by atoms with E-state index in [1.165, 1.54) is 22.0 Å². The zero-order valence-electron chi connectivity index (χ0n) is 4.89. The van der Waals surface area contributed by atoms with Crippen LogP contribution in [0.15, 0.2) is 11.7 Å². The second-order valence-corrected chi connectivity index (χ2v) is 2.55. The summed E-state index contributed by atoms with van der Waals surface area (Å²) in [6.45, 7) is 0. The van der Waals surface area contributed by atoms with E-state index in [0.29, 0.717) is 5.69 Å². The maximum Gasteiger partial charge on any atom is 0.212 e. The predicted molar refractivity (Wildman–Crippen MR) is 36.3 cm³/mol. The number of imidazole rings is 1. The molecule has 0 bridgehead atoms. The zero-order chi connectivity index (χ0) is 6.97. The van der Waals surface area contributed by atoms with Gasteiger partial charge in [0.25, 0.3) is 0 Å². The van der Waals surface area contributed by atoms with Crippen LogP contribution in [0.2, 0.25) is 0 Å². The predicted octanol–water partition coefficient (Wildman–Crippen LogP) is 0.603. The number of hydrogen-bond donors (Lipinski definition) is 0. The van der Waals surface area contributed by atoms with Gasteiger partial charge in [0.1, 0.15) is 11.2 Å². The van der Waals surface area contributed by atoms with Gasteiger partial charge in [0.2, 0.25) is 4.96 Å². The highest BCUT2D eigenvalue weighted by Gasteiger charge is 2.01. The van der Waals surface area contributed by atoms with Gasteiger partial charge in [-0.15, -0.1) is 0 Å². The summed E-state index contributed by atoms with van der Waals surface area (Å²) >= 11 is 1.41. The molecule has 0 saturated carbocycles. The summed E-state index contributed by atoms with van der Waals surface area (Å²) in [5.41, 5.74) is 2.14. The molecule has 5 heteroatoms. The molecule has 2 aromatic rings. The first-order valence-electron chi connectivity index (χ1n) is 2.64. The highest BCUT2D eigenvalue weighted by molar-refractivity contribution is 7.14. The van der Waals surface area contributed by atoms with Gasteiger partial charge >= 0.3 is 0 Å². The van der Waals surface area contributed by atoms with Crippen LogP contribution >= 0.6 is 11.3 Å². The highest BCUT2D eigenvalue weighted by atomic mass is 32.1. The molecule has 0 aromatic carbocycles. The molecular weight excluding hydrogens is 150 g/mol. The fourth-order valence-electron chi connectivity index (χ4n) is 0.736. The summed E-state index contributed by atoms with van der Waals surface area (Å²) in [5, 5.41) is 3.89. The molecular formula is C5H3N3OS. The van der Waals surface area contributed by atoms with Crippen molar-refractivity contribution in [2.24, 2.45) is 0 Å². The van der Waals surface area contributed by atoms with Gasteiger partial charge in [-0.25, -0.2) is 9.50 Å². The summed E-state index contributed by atoms with van der Waals surface area (Å²) in [6.07, 6.45) is 2.24. The van der Waals surface area contributed by atoms with Crippen LogP contribution in [0.25, 0.3) is 4.96 Å². The lowest BCUT2D eigenvalue weighted by Crippen LogP contribution is -1.88. The summed E-state index contributed by atoms with van der Waals surface area (Å²) < 4.78 is 1.51. The number of hydrogen-bond acceptors (Lipinski definition) is 4. The van der Waals surface area contributed by atoms with Crippen molar-refractivity contribution in [1.29, 1.82) is 0 Å². The van der Waals surface area contributed by atoms with Gasteiger partial charge in [0.15, 0.2) is 6.29 Å². The Balaban J connectivity index is 2.88. The van der Waals surface area contributed by atoms with Crippen molar-refractivity contribution in [2.75, 3.05) is 0 Å². The Morgan fingerprint density at radius 3 is 3.40 bits per heavy atom. The number of aromatic nitrogens is 3. The smallest absolute Gasteiger partial charge is 0.212 e. The fraction of sp³-hybridized carbons (Fsp3) is 0. The lowest BCUT2D eigenvalue weighted by molar-refractivity contribution is 0.111. The monoisotopic (exact) mass is 153 g/mol. The lowest BCUT2D eigenvalue weighted by Gasteiger charge is -1.79. The highest BCUT2D eigenvalue weighted by Crippen LogP contribution is 2.07. The van der Waals surface area contributed by atoms with Crippen molar-refractivity contribution in [3.05, 3.63) is 17.4 Å². The van der Waals surface area contributed by atoms with Crippen molar-refractivity contribution in [3.8, 4) is 0 Å². The number of aldehydes is 1. The van der Waals surface area contributed by atoms with Crippen LogP contribution in [0.1, 0.15) is 10.5 Å². The molecule has 0 radical (unpaired) electrons. The zero-order valence-corrected chi connectivity index (χ0v) is 5.71. The third-order valence-electron chi connectivity index (χ3n) is 1.17. The van der Waals surface area contributed by atoms with Crippen molar-refractivity contribution in [3.63, 3.8) is 0 Å². The van der Waals surface area contributed by atoms with E-state index in [1.807, 2.05) is 0 Å². The molecule has 0 aliphatic heterocycles. The van der Waals surface area contributed by atoms with Crippen LogP contribution in [0.3, 0.4) is 0 Å². The van der Waals surface area contributed by atoms with E-state index in [1.54, 1.807) is 5.51 Å². The molecule has 0 atom stereocenters. The number of nitrogens with zero attached hydrogens (tertiary/aromatic N) is 3. The minimum absolute atomic E-state index is 0.497. The van der Waals surface area contributed by atoms with Crippen LogP contribution in [0.4, 0.5) is 0 Å². The lowest BCUT2D eigenvalue weighted by atomic mass is 10.5. The number of rotatable bonds is 1. The van der Waals surface area contributed by atoms with E-state index < -0.39 is 0 Å². The van der Waals surface area contributed by atoms with Crippen LogP contribution < -0.4 is 0 Å². The van der Waals surface area contributed by atoms with E-state index in [0.717, 1.165) is 11.2 Å². The van der Waals surface area contributed by atoms with Crippen molar-refractivity contribution >= 4 is 22.6 Å². The second kappa shape index (κ2) is 1.88. The van der Waals surface area contributed by atoms with E-state index >= 15 is 0 Å². The Morgan fingerprint density at radius 1 is 1.70 bits per heavy atom. The Kier molecular flexibility index (Phi) is 1.04. The minimum Gasteiger partial charge on any atom is -0.296 e. The maximum atomic E-state index is 10.3. The van der Waals surface area contributed by atoms with Gasteiger partial charge in [0, 0.05) is 0 Å². The van der Waals surface area contributed by atoms with Crippen molar-refractivity contribution < 1.29 is 4.79 Å². The van der Waals surface area contributed by atoms with Gasteiger partial charge < -0.3 is 0 Å². The molecule has 2 rings (SSSR count). The average molecular weight is 153 g/mol. The molecule has 0 fully saturated rings. The quantitative estimate of drug-likeness (QED) is 0.564. The van der Waals surface area contributed by atoms with E-state index in [-0.39, 0.29) is 0 Å². The molecule has 0 spiro atoms. The molecule has 4 nitrogen and oxygen atoms in total. The first-order chi connectivity index (χ1) is 4.92. The number of fused-ring (bicyclic) bond motifs is 1. The SMILES string of the molecule is O=Cc1cnc2scnn12. The van der Waals surface area contributed by atoms with Gasteiger partial charge in [-0.05, 0) is 0 Å². The molecule has 0 aliphatic carbocycles. The Bertz CT molecular complexity index is 363. The van der Waals surface area contributed by atoms with Crippen LogP contribution in [0.5, 0.6) is 0 Å². The maximum absolute atomic E-state index is 10.3. The summed E-state index contributed by atoms with van der Waals surface area (Å²) in [7, 11) is 0. The molecule has 2 heterocycles. The van der Waals surface area contributed by atoms with E-state index in [2.05, 4.69) is 10.1 Å². The Hall–Kier alpha value is -1.23. The molecule has 50 valence electrons. The second-order valence-electron chi connectivity index (χ2n) is 1.73. The van der Waals surface area contributed by atoms with Gasteiger partial charge in [-0.1, -0.05) is 11.3 Å². The van der Waals surface area contributed by atoms with Gasteiger partial charge in [-0.3, -0.25) is 4.79 Å². The van der Waals surface area contributed by atoms with E-state index in [4.69, 9.17) is 0 Å². The molecule has 0 amide bonds. The molecule has 2 aromatic heterocycles. The van der Waals surface area contributed by atoms with Gasteiger partial charge in [-0.2, -0.15) is 5.10 Å². The summed E-state index contributed by atoms with van der Waals surface area (Å²) in [4.78, 5) is 15.0. The minimum atomic E-state index is 0.497. The van der Waals surface area contributed by atoms with E-state index in [9.17, 15) is 4.79 Å². The third kappa shape index (κ3) is 0.577. The first kappa shape index (κ1) is 5.55. The first-order valence-corrected chi connectivity index (χ1v) is 3.52. The number of carbonyl (C=O) groups is 1. The average Bonchev–Trinajstić information content (AvgIpc) is 2.44. The van der Waals surface area contributed by atoms with Crippen LogP contribution in [-0.4, -0.2) is 20.9 Å². The number of carbonyl (C=O) groups excluding carboxylic acids is 1.